The van der Waals surface area contributed by atoms with Crippen molar-refractivity contribution in [2.75, 3.05) is 29.4 Å². The van der Waals surface area contributed by atoms with Crippen molar-refractivity contribution in [3.05, 3.63) is 54.0 Å². The number of aromatic nitrogens is 5. The van der Waals surface area contributed by atoms with Crippen LogP contribution in [0.5, 0.6) is 0 Å². The van der Waals surface area contributed by atoms with Gasteiger partial charge in [0.15, 0.2) is 11.6 Å². The van der Waals surface area contributed by atoms with E-state index in [4.69, 9.17) is 0 Å². The van der Waals surface area contributed by atoms with Gasteiger partial charge in [0.05, 0.1) is 17.7 Å². The highest BCUT2D eigenvalue weighted by molar-refractivity contribution is 5.70. The van der Waals surface area contributed by atoms with Gasteiger partial charge >= 0.3 is 5.97 Å². The Morgan fingerprint density at radius 2 is 1.82 bits per heavy atom. The molecule has 10 heteroatoms. The third-order valence-electron chi connectivity index (χ3n) is 6.44. The lowest BCUT2D eigenvalue weighted by Crippen LogP contribution is -2.37. The molecule has 0 radical (unpaired) electrons. The molecule has 0 bridgehead atoms. The van der Waals surface area contributed by atoms with Crippen LogP contribution in [0.4, 0.5) is 15.9 Å². The summed E-state index contributed by atoms with van der Waals surface area (Å²) in [7, 11) is 0. The second kappa shape index (κ2) is 8.68. The number of carbonyl (C=O) groups is 1. The van der Waals surface area contributed by atoms with Crippen molar-refractivity contribution in [1.29, 1.82) is 0 Å². The number of fused-ring (bicyclic) bond motifs is 1. The first-order valence-electron chi connectivity index (χ1n) is 11.0. The van der Waals surface area contributed by atoms with Crippen molar-refractivity contribution in [2.24, 2.45) is 5.92 Å². The number of anilines is 2. The number of pyridine rings is 1. The first-order valence-corrected chi connectivity index (χ1v) is 11.0. The molecule has 170 valence electrons. The number of halogens is 1. The van der Waals surface area contributed by atoms with E-state index in [0.717, 1.165) is 16.9 Å². The Kier molecular flexibility index (Phi) is 5.57. The average molecular weight is 449 g/mol. The summed E-state index contributed by atoms with van der Waals surface area (Å²) < 4.78 is 14.5. The molecule has 0 amide bonds. The van der Waals surface area contributed by atoms with E-state index < -0.39 is 11.9 Å². The molecule has 1 saturated heterocycles. The van der Waals surface area contributed by atoms with Crippen LogP contribution < -0.4 is 9.80 Å². The molecule has 1 atom stereocenters. The Bertz CT molecular complexity index is 1170. The molecule has 1 N–H and O–H groups in total. The van der Waals surface area contributed by atoms with E-state index in [1.807, 2.05) is 17.9 Å². The highest BCUT2D eigenvalue weighted by Gasteiger charge is 2.29. The largest absolute Gasteiger partial charge is 0.481 e. The zero-order valence-electron chi connectivity index (χ0n) is 18.2. The van der Waals surface area contributed by atoms with Crippen LogP contribution in [0.2, 0.25) is 0 Å². The maximum atomic E-state index is 14.5. The number of piperidine rings is 1. The van der Waals surface area contributed by atoms with Crippen molar-refractivity contribution in [3.8, 4) is 11.6 Å². The van der Waals surface area contributed by atoms with E-state index in [0.29, 0.717) is 56.4 Å². The lowest BCUT2D eigenvalue weighted by Gasteiger charge is -2.37. The number of carboxylic acids is 1. The van der Waals surface area contributed by atoms with Gasteiger partial charge in [0, 0.05) is 68.0 Å². The predicted octanol–water partition coefficient (Wildman–Crippen LogP) is 2.89. The summed E-state index contributed by atoms with van der Waals surface area (Å²) in [5, 5.41) is 9.23. The standard InChI is InChI=1S/C23H24FN7O2/c1-14-17-13-27-22(21-25-6-2-7-26-21)28-18(17)5-10-31(14)20-12-16(11-19(24)29-20)30-8-3-15(4-9-30)23(32)33/h2,6-7,11-15H,3-5,8-10H2,1H3,(H,32,33). The smallest absolute Gasteiger partial charge is 0.306 e. The van der Waals surface area contributed by atoms with E-state index in [2.05, 4.69) is 29.8 Å². The SMILES string of the molecule is CC1c2cnc(-c3ncccn3)nc2CCN1c1cc(N2CCC(C(=O)O)CC2)cc(F)n1. The molecule has 9 nitrogen and oxygen atoms in total. The topological polar surface area (TPSA) is 108 Å². The molecule has 1 fully saturated rings. The zero-order valence-corrected chi connectivity index (χ0v) is 18.2. The van der Waals surface area contributed by atoms with Crippen LogP contribution in [0.1, 0.15) is 37.1 Å². The van der Waals surface area contributed by atoms with E-state index in [1.54, 1.807) is 24.7 Å². The summed E-state index contributed by atoms with van der Waals surface area (Å²) in [5.74, 6) is -0.115. The van der Waals surface area contributed by atoms with Crippen LogP contribution in [0, 0.1) is 11.9 Å². The van der Waals surface area contributed by atoms with Crippen molar-refractivity contribution in [1.82, 2.24) is 24.9 Å². The van der Waals surface area contributed by atoms with E-state index in [-0.39, 0.29) is 12.0 Å². The van der Waals surface area contributed by atoms with Gasteiger partial charge in [-0.05, 0) is 25.8 Å². The van der Waals surface area contributed by atoms with Crippen LogP contribution in [-0.4, -0.2) is 55.6 Å². The predicted molar refractivity (Wildman–Crippen MR) is 119 cm³/mol. The number of hydrogen-bond acceptors (Lipinski definition) is 8. The van der Waals surface area contributed by atoms with E-state index >= 15 is 0 Å². The van der Waals surface area contributed by atoms with Crippen molar-refractivity contribution in [3.63, 3.8) is 0 Å². The molecule has 5 heterocycles. The summed E-state index contributed by atoms with van der Waals surface area (Å²) in [6.07, 6.45) is 6.88. The average Bonchev–Trinajstić information content (AvgIpc) is 2.84. The van der Waals surface area contributed by atoms with Gasteiger partial charge in [0.2, 0.25) is 5.95 Å². The van der Waals surface area contributed by atoms with Gasteiger partial charge in [0.25, 0.3) is 0 Å². The molecule has 3 aromatic rings. The minimum atomic E-state index is -0.763. The highest BCUT2D eigenvalue weighted by atomic mass is 19.1. The minimum Gasteiger partial charge on any atom is -0.481 e. The lowest BCUT2D eigenvalue weighted by atomic mass is 9.96. The Morgan fingerprint density at radius 1 is 1.06 bits per heavy atom. The third kappa shape index (κ3) is 4.20. The number of rotatable bonds is 4. The van der Waals surface area contributed by atoms with Gasteiger partial charge < -0.3 is 14.9 Å². The first kappa shape index (κ1) is 21.2. The first-order chi connectivity index (χ1) is 16.0. The molecular formula is C23H24FN7O2. The molecule has 0 spiro atoms. The minimum absolute atomic E-state index is 0.0839. The number of aliphatic carboxylic acids is 1. The molecule has 3 aromatic heterocycles. The van der Waals surface area contributed by atoms with Crippen molar-refractivity contribution in [2.45, 2.75) is 32.2 Å². The molecular weight excluding hydrogens is 425 g/mol. The molecule has 0 aromatic carbocycles. The van der Waals surface area contributed by atoms with Gasteiger partial charge in [-0.15, -0.1) is 0 Å². The summed E-state index contributed by atoms with van der Waals surface area (Å²) in [4.78, 5) is 37.1. The molecule has 0 aliphatic carbocycles. The monoisotopic (exact) mass is 449 g/mol. The molecule has 2 aliphatic heterocycles. The number of nitrogens with zero attached hydrogens (tertiary/aromatic N) is 7. The fourth-order valence-corrected chi connectivity index (χ4v) is 4.58. The zero-order chi connectivity index (χ0) is 22.9. The summed E-state index contributed by atoms with van der Waals surface area (Å²) in [6, 6.07) is 4.97. The van der Waals surface area contributed by atoms with Gasteiger partial charge in [-0.1, -0.05) is 0 Å². The summed E-state index contributed by atoms with van der Waals surface area (Å²) in [5.41, 5.74) is 2.63. The van der Waals surface area contributed by atoms with E-state index in [9.17, 15) is 14.3 Å². The normalized spacial score (nSPS) is 18.8. The Morgan fingerprint density at radius 3 is 2.55 bits per heavy atom. The Balaban J connectivity index is 1.38. The van der Waals surface area contributed by atoms with Gasteiger partial charge in [0.1, 0.15) is 5.82 Å². The molecule has 2 aliphatic rings. The van der Waals surface area contributed by atoms with Crippen LogP contribution in [-0.2, 0) is 11.2 Å². The lowest BCUT2D eigenvalue weighted by molar-refractivity contribution is -0.142. The number of hydrogen-bond donors (Lipinski definition) is 1. The van der Waals surface area contributed by atoms with Crippen LogP contribution in [0.25, 0.3) is 11.6 Å². The second-order valence-electron chi connectivity index (χ2n) is 8.39. The maximum Gasteiger partial charge on any atom is 0.306 e. The van der Waals surface area contributed by atoms with Gasteiger partial charge in [-0.25, -0.2) is 24.9 Å². The van der Waals surface area contributed by atoms with Crippen LogP contribution in [0.15, 0.2) is 36.8 Å². The van der Waals surface area contributed by atoms with Crippen LogP contribution >= 0.6 is 0 Å². The van der Waals surface area contributed by atoms with E-state index in [1.165, 1.54) is 6.07 Å². The fourth-order valence-electron chi connectivity index (χ4n) is 4.58. The summed E-state index contributed by atoms with van der Waals surface area (Å²) in [6.45, 7) is 3.83. The Labute approximate surface area is 190 Å². The number of carboxylic acid groups (broad SMARTS) is 1. The molecule has 5 rings (SSSR count). The second-order valence-corrected chi connectivity index (χ2v) is 8.39. The molecule has 33 heavy (non-hydrogen) atoms. The quantitative estimate of drug-likeness (QED) is 0.602. The van der Waals surface area contributed by atoms with Crippen molar-refractivity contribution >= 4 is 17.5 Å². The van der Waals surface area contributed by atoms with Gasteiger partial charge in [-0.3, -0.25) is 4.79 Å². The Hall–Kier alpha value is -3.69. The van der Waals surface area contributed by atoms with Crippen LogP contribution in [0.3, 0.4) is 0 Å². The fraction of sp³-hybridized carbons (Fsp3) is 0.391. The maximum absolute atomic E-state index is 14.5. The molecule has 0 saturated carbocycles. The third-order valence-corrected chi connectivity index (χ3v) is 6.44. The van der Waals surface area contributed by atoms with Gasteiger partial charge in [-0.2, -0.15) is 4.39 Å². The molecule has 1 unspecified atom stereocenters. The van der Waals surface area contributed by atoms with Crippen molar-refractivity contribution < 1.29 is 14.3 Å². The summed E-state index contributed by atoms with van der Waals surface area (Å²) >= 11 is 0. The highest BCUT2D eigenvalue weighted by Crippen LogP contribution is 2.34.